The van der Waals surface area contributed by atoms with Crippen LogP contribution in [0.15, 0.2) is 33.5 Å². The quantitative estimate of drug-likeness (QED) is 0.689. The molecular formula is C19H23NO4. The minimum atomic E-state index is -0.444. The van der Waals surface area contributed by atoms with E-state index in [0.717, 1.165) is 35.9 Å². The average Bonchev–Trinajstić information content (AvgIpc) is 2.97. The van der Waals surface area contributed by atoms with E-state index < -0.39 is 5.63 Å². The van der Waals surface area contributed by atoms with Crippen LogP contribution in [-0.4, -0.2) is 24.3 Å². The minimum absolute atomic E-state index is 0. The molecule has 2 saturated carbocycles. The van der Waals surface area contributed by atoms with Gasteiger partial charge in [-0.05, 0) is 50.3 Å². The average molecular weight is 329 g/mol. The van der Waals surface area contributed by atoms with E-state index in [1.54, 1.807) is 6.07 Å². The van der Waals surface area contributed by atoms with Gasteiger partial charge in [0.1, 0.15) is 17.4 Å². The van der Waals surface area contributed by atoms with Crippen LogP contribution in [0, 0.1) is 5.92 Å². The zero-order chi connectivity index (χ0) is 16.3. The first-order valence-corrected chi connectivity index (χ1v) is 8.83. The summed E-state index contributed by atoms with van der Waals surface area (Å²) < 4.78 is 16.9. The Morgan fingerprint density at radius 3 is 3.08 bits per heavy atom. The van der Waals surface area contributed by atoms with Crippen molar-refractivity contribution >= 4 is 11.0 Å². The Morgan fingerprint density at radius 2 is 2.29 bits per heavy atom. The SMILES string of the molecule is CCOc1cc2ccc(O[C@H]3CC4CCC5N[C@@]45C3)cc2oc1=O.[HH]. The molecule has 1 aromatic carbocycles. The fourth-order valence-electron chi connectivity index (χ4n) is 4.80. The second-order valence-corrected chi connectivity index (χ2v) is 7.22. The highest BCUT2D eigenvalue weighted by atomic mass is 16.5. The van der Waals surface area contributed by atoms with E-state index in [-0.39, 0.29) is 13.3 Å². The fraction of sp³-hybridized carbons (Fsp3) is 0.526. The highest BCUT2D eigenvalue weighted by Gasteiger charge is 2.66. The lowest BCUT2D eigenvalue weighted by molar-refractivity contribution is 0.201. The molecule has 0 amide bonds. The summed E-state index contributed by atoms with van der Waals surface area (Å²) in [7, 11) is 0. The lowest BCUT2D eigenvalue weighted by atomic mass is 9.99. The summed E-state index contributed by atoms with van der Waals surface area (Å²) in [6.07, 6.45) is 5.10. The Hall–Kier alpha value is -2.01. The molecular weight excluding hydrogens is 306 g/mol. The number of benzene rings is 1. The lowest BCUT2D eigenvalue weighted by Gasteiger charge is -2.14. The van der Waals surface area contributed by atoms with E-state index in [1.807, 2.05) is 25.1 Å². The van der Waals surface area contributed by atoms with Crippen LogP contribution >= 0.6 is 0 Å². The molecule has 2 aliphatic carbocycles. The van der Waals surface area contributed by atoms with Crippen molar-refractivity contribution in [1.82, 2.24) is 5.32 Å². The van der Waals surface area contributed by atoms with Crippen molar-refractivity contribution < 1.29 is 15.3 Å². The Kier molecular flexibility index (Phi) is 2.98. The molecule has 0 bridgehead atoms. The number of rotatable bonds is 4. The Labute approximate surface area is 141 Å². The van der Waals surface area contributed by atoms with E-state index in [0.29, 0.717) is 17.7 Å². The molecule has 1 N–H and O–H groups in total. The summed E-state index contributed by atoms with van der Waals surface area (Å²) in [4.78, 5) is 11.9. The van der Waals surface area contributed by atoms with Gasteiger partial charge in [0, 0.05) is 30.9 Å². The van der Waals surface area contributed by atoms with Crippen molar-refractivity contribution in [2.75, 3.05) is 6.61 Å². The third kappa shape index (κ3) is 2.07. The van der Waals surface area contributed by atoms with Crippen LogP contribution in [0.4, 0.5) is 0 Å². The van der Waals surface area contributed by atoms with Crippen molar-refractivity contribution in [2.24, 2.45) is 5.92 Å². The van der Waals surface area contributed by atoms with Gasteiger partial charge in [0.15, 0.2) is 0 Å². The molecule has 0 radical (unpaired) electrons. The van der Waals surface area contributed by atoms with Crippen LogP contribution in [0.5, 0.6) is 11.5 Å². The number of hydrogen-bond donors (Lipinski definition) is 1. The summed E-state index contributed by atoms with van der Waals surface area (Å²) in [6, 6.07) is 8.13. The molecule has 128 valence electrons. The fourth-order valence-corrected chi connectivity index (χ4v) is 4.80. The molecule has 5 heteroatoms. The van der Waals surface area contributed by atoms with E-state index >= 15 is 0 Å². The zero-order valence-corrected chi connectivity index (χ0v) is 13.7. The minimum Gasteiger partial charge on any atom is -0.490 e. The summed E-state index contributed by atoms with van der Waals surface area (Å²) in [5.41, 5.74) is 0.473. The van der Waals surface area contributed by atoms with Crippen LogP contribution < -0.4 is 20.4 Å². The third-order valence-corrected chi connectivity index (χ3v) is 5.90. The normalized spacial score (nSPS) is 33.3. The molecule has 1 aliphatic heterocycles. The van der Waals surface area contributed by atoms with Gasteiger partial charge in [0.25, 0.3) is 0 Å². The van der Waals surface area contributed by atoms with Crippen LogP contribution in [-0.2, 0) is 0 Å². The maximum absolute atomic E-state index is 11.9. The van der Waals surface area contributed by atoms with E-state index in [4.69, 9.17) is 13.9 Å². The number of hydrogen-bond acceptors (Lipinski definition) is 5. The first-order chi connectivity index (χ1) is 11.7. The molecule has 3 fully saturated rings. The predicted molar refractivity (Wildman–Crippen MR) is 91.8 cm³/mol. The molecule has 4 atom stereocenters. The number of piperidine rings is 1. The van der Waals surface area contributed by atoms with Crippen LogP contribution in [0.3, 0.4) is 0 Å². The molecule has 2 heterocycles. The van der Waals surface area contributed by atoms with Gasteiger partial charge >= 0.3 is 5.63 Å². The topological polar surface area (TPSA) is 70.6 Å². The molecule has 24 heavy (non-hydrogen) atoms. The zero-order valence-electron chi connectivity index (χ0n) is 13.7. The maximum atomic E-state index is 11.9. The highest BCUT2D eigenvalue weighted by Crippen LogP contribution is 2.56. The third-order valence-electron chi connectivity index (χ3n) is 5.90. The molecule has 1 spiro atoms. The van der Waals surface area contributed by atoms with Gasteiger partial charge in [-0.25, -0.2) is 4.79 Å². The van der Waals surface area contributed by atoms with Gasteiger partial charge in [-0.1, -0.05) is 0 Å². The Balaban J connectivity index is 0.00000157. The van der Waals surface area contributed by atoms with Gasteiger partial charge in [0.2, 0.25) is 5.75 Å². The van der Waals surface area contributed by atoms with Gasteiger partial charge in [-0.2, -0.15) is 0 Å². The molecule has 2 unspecified atom stereocenters. The molecule has 1 saturated heterocycles. The summed E-state index contributed by atoms with van der Waals surface area (Å²) in [5, 5.41) is 4.50. The van der Waals surface area contributed by atoms with Crippen LogP contribution in [0.2, 0.25) is 0 Å². The lowest BCUT2D eigenvalue weighted by Crippen LogP contribution is -2.19. The number of nitrogens with one attached hydrogen (secondary N) is 1. The summed E-state index contributed by atoms with van der Waals surface area (Å²) >= 11 is 0. The Bertz CT molecular complexity index is 866. The second-order valence-electron chi connectivity index (χ2n) is 7.22. The number of fused-ring (bicyclic) bond motifs is 1. The van der Waals surface area contributed by atoms with Crippen molar-refractivity contribution in [2.45, 2.75) is 50.3 Å². The van der Waals surface area contributed by atoms with Crippen molar-refractivity contribution in [3.63, 3.8) is 0 Å². The standard InChI is InChI=1S/C19H21NO4.H2/c1-2-22-16-7-11-3-5-13(9-15(11)24-18(16)21)23-14-8-12-4-6-17-19(12,10-14)20-17;/h3,5,7,9,12,14,17,20H,2,4,6,8,10H2,1H3;1H/t12?,14-,17?,19-;/m0./s1. The van der Waals surface area contributed by atoms with Gasteiger partial charge in [-0.3, -0.25) is 0 Å². The molecule has 1 aromatic heterocycles. The van der Waals surface area contributed by atoms with Gasteiger partial charge in [-0.15, -0.1) is 0 Å². The summed E-state index contributed by atoms with van der Waals surface area (Å²) in [5.74, 6) is 1.79. The molecule has 5 rings (SSSR count). The van der Waals surface area contributed by atoms with Crippen LogP contribution in [0.25, 0.3) is 11.0 Å². The second kappa shape index (κ2) is 4.99. The maximum Gasteiger partial charge on any atom is 0.379 e. The highest BCUT2D eigenvalue weighted by molar-refractivity contribution is 5.79. The van der Waals surface area contributed by atoms with E-state index in [1.165, 1.54) is 12.8 Å². The number of ether oxygens (including phenoxy) is 2. The molecule has 5 nitrogen and oxygen atoms in total. The predicted octanol–water partition coefficient (Wildman–Crippen LogP) is 3.10. The first-order valence-electron chi connectivity index (χ1n) is 8.83. The smallest absolute Gasteiger partial charge is 0.379 e. The Morgan fingerprint density at radius 1 is 1.38 bits per heavy atom. The summed E-state index contributed by atoms with van der Waals surface area (Å²) in [6.45, 7) is 2.29. The largest absolute Gasteiger partial charge is 0.490 e. The molecule has 3 aliphatic rings. The monoisotopic (exact) mass is 329 g/mol. The van der Waals surface area contributed by atoms with Gasteiger partial charge in [0.05, 0.1) is 6.61 Å². The van der Waals surface area contributed by atoms with E-state index in [9.17, 15) is 4.79 Å². The molecule has 2 aromatic rings. The van der Waals surface area contributed by atoms with Crippen molar-refractivity contribution in [1.29, 1.82) is 0 Å². The first kappa shape index (κ1) is 14.3. The van der Waals surface area contributed by atoms with Crippen molar-refractivity contribution in [3.05, 3.63) is 34.7 Å². The van der Waals surface area contributed by atoms with Crippen LogP contribution in [0.1, 0.15) is 34.0 Å². The van der Waals surface area contributed by atoms with E-state index in [2.05, 4.69) is 5.32 Å². The van der Waals surface area contributed by atoms with Crippen molar-refractivity contribution in [3.8, 4) is 11.5 Å². The van der Waals surface area contributed by atoms with Gasteiger partial charge < -0.3 is 19.2 Å².